The number of amides is 2. The minimum atomic E-state index is -3.56. The Balaban J connectivity index is 2.16. The molecular weight excluding hydrogens is 494 g/mol. The number of benzene rings is 2. The van der Waals surface area contributed by atoms with Crippen LogP contribution in [0.4, 0.5) is 5.69 Å². The third-order valence-corrected chi connectivity index (χ3v) is 7.19. The molecule has 1 N–H and O–H groups in total. The number of hydrogen-bond donors (Lipinski definition) is 1. The third kappa shape index (κ3) is 9.27. The van der Waals surface area contributed by atoms with Crippen molar-refractivity contribution in [2.45, 2.75) is 52.1 Å². The average molecular weight is 534 g/mol. The Labute approximate surface area is 220 Å². The van der Waals surface area contributed by atoms with E-state index in [0.29, 0.717) is 23.7 Å². The summed E-state index contributed by atoms with van der Waals surface area (Å²) in [4.78, 5) is 27.7. The molecule has 10 heteroatoms. The number of carbonyl (C=O) groups excluding carboxylic acids is 2. The van der Waals surface area contributed by atoms with Gasteiger partial charge >= 0.3 is 0 Å². The number of unbranched alkanes of at least 4 members (excludes halogenated alkanes) is 1. The second kappa shape index (κ2) is 14.5. The number of nitrogens with zero attached hydrogens (tertiary/aromatic N) is 2. The van der Waals surface area contributed by atoms with Crippen molar-refractivity contribution in [3.63, 3.8) is 0 Å². The van der Waals surface area contributed by atoms with Crippen LogP contribution in [0.2, 0.25) is 0 Å². The first kappa shape index (κ1) is 30.0. The Morgan fingerprint density at radius 3 is 2.27 bits per heavy atom. The predicted molar refractivity (Wildman–Crippen MR) is 145 cm³/mol. The SMILES string of the molecule is CCCCNC(=O)C(C)N(Cc1cccc(OC)c1)C(=O)CCCN(c1ccc(OC)cc1)S(C)(=O)=O. The summed E-state index contributed by atoms with van der Waals surface area (Å²) >= 11 is 0. The van der Waals surface area contributed by atoms with E-state index < -0.39 is 16.1 Å². The van der Waals surface area contributed by atoms with Crippen molar-refractivity contribution in [1.29, 1.82) is 0 Å². The van der Waals surface area contributed by atoms with Crippen LogP contribution in [0.3, 0.4) is 0 Å². The maximum Gasteiger partial charge on any atom is 0.242 e. The van der Waals surface area contributed by atoms with Crippen molar-refractivity contribution in [2.75, 3.05) is 37.9 Å². The first-order valence-electron chi connectivity index (χ1n) is 12.4. The fourth-order valence-corrected chi connectivity index (χ4v) is 4.80. The highest BCUT2D eigenvalue weighted by molar-refractivity contribution is 7.92. The molecule has 0 bridgehead atoms. The Morgan fingerprint density at radius 1 is 1.00 bits per heavy atom. The molecule has 2 aromatic carbocycles. The maximum absolute atomic E-state index is 13.4. The number of hydrogen-bond acceptors (Lipinski definition) is 6. The van der Waals surface area contributed by atoms with E-state index in [1.807, 2.05) is 31.2 Å². The number of ether oxygens (including phenoxy) is 2. The van der Waals surface area contributed by atoms with Crippen molar-refractivity contribution in [3.8, 4) is 11.5 Å². The van der Waals surface area contributed by atoms with Crippen LogP contribution in [-0.4, -0.2) is 64.7 Å². The zero-order valence-electron chi connectivity index (χ0n) is 22.4. The number of methoxy groups -OCH3 is 2. The van der Waals surface area contributed by atoms with Crippen LogP contribution in [0.5, 0.6) is 11.5 Å². The molecule has 1 unspecified atom stereocenters. The van der Waals surface area contributed by atoms with Gasteiger partial charge in [-0.05, 0) is 61.7 Å². The van der Waals surface area contributed by atoms with Crippen LogP contribution in [0.1, 0.15) is 45.1 Å². The smallest absolute Gasteiger partial charge is 0.242 e. The second-order valence-electron chi connectivity index (χ2n) is 8.83. The predicted octanol–water partition coefficient (Wildman–Crippen LogP) is 3.58. The van der Waals surface area contributed by atoms with Gasteiger partial charge in [0, 0.05) is 26.1 Å². The molecule has 0 aliphatic rings. The summed E-state index contributed by atoms with van der Waals surface area (Å²) in [6.45, 7) is 4.65. The van der Waals surface area contributed by atoms with E-state index in [-0.39, 0.29) is 37.7 Å². The van der Waals surface area contributed by atoms with Gasteiger partial charge in [0.1, 0.15) is 17.5 Å². The minimum Gasteiger partial charge on any atom is -0.497 e. The minimum absolute atomic E-state index is 0.0821. The standard InChI is InChI=1S/C27H39N3O6S/c1-6-7-17-28-27(32)21(2)29(20-22-10-8-11-25(19-22)36-4)26(31)12-9-18-30(37(5,33)34)23-13-15-24(35-3)16-14-23/h8,10-11,13-16,19,21H,6-7,9,12,17-18,20H2,1-5H3,(H,28,32). The van der Waals surface area contributed by atoms with Gasteiger partial charge in [-0.25, -0.2) is 8.42 Å². The summed E-state index contributed by atoms with van der Waals surface area (Å²) in [6.07, 6.45) is 3.31. The molecular formula is C27H39N3O6S. The molecule has 0 heterocycles. The topological polar surface area (TPSA) is 105 Å². The molecule has 0 fully saturated rings. The molecule has 9 nitrogen and oxygen atoms in total. The van der Waals surface area contributed by atoms with Gasteiger partial charge in [0.15, 0.2) is 0 Å². The molecule has 0 saturated carbocycles. The Morgan fingerprint density at radius 2 is 1.68 bits per heavy atom. The van der Waals surface area contributed by atoms with Crippen molar-refractivity contribution >= 4 is 27.5 Å². The van der Waals surface area contributed by atoms with Gasteiger partial charge in [-0.15, -0.1) is 0 Å². The lowest BCUT2D eigenvalue weighted by molar-refractivity contribution is -0.140. The molecule has 2 amide bonds. The molecule has 0 radical (unpaired) electrons. The molecule has 0 aliphatic carbocycles. The van der Waals surface area contributed by atoms with E-state index in [1.54, 1.807) is 38.3 Å². The van der Waals surface area contributed by atoms with E-state index in [2.05, 4.69) is 5.32 Å². The number of rotatable bonds is 15. The lowest BCUT2D eigenvalue weighted by Gasteiger charge is -2.29. The average Bonchev–Trinajstić information content (AvgIpc) is 2.88. The first-order chi connectivity index (χ1) is 17.6. The third-order valence-electron chi connectivity index (χ3n) is 6.00. The van der Waals surface area contributed by atoms with Gasteiger partial charge < -0.3 is 19.7 Å². The number of sulfonamides is 1. The summed E-state index contributed by atoms with van der Waals surface area (Å²) in [5.41, 5.74) is 1.32. The van der Waals surface area contributed by atoms with Crippen LogP contribution < -0.4 is 19.1 Å². The van der Waals surface area contributed by atoms with Gasteiger partial charge in [0.05, 0.1) is 26.2 Å². The Hall–Kier alpha value is -3.27. The molecule has 2 rings (SSSR count). The van der Waals surface area contributed by atoms with E-state index >= 15 is 0 Å². The molecule has 0 saturated heterocycles. The Kier molecular flexibility index (Phi) is 11.7. The van der Waals surface area contributed by atoms with Crippen LogP contribution in [0, 0.1) is 0 Å². The largest absolute Gasteiger partial charge is 0.497 e. The highest BCUT2D eigenvalue weighted by Gasteiger charge is 2.26. The molecule has 37 heavy (non-hydrogen) atoms. The Bertz CT molecular complexity index is 1120. The highest BCUT2D eigenvalue weighted by atomic mass is 32.2. The molecule has 0 aromatic heterocycles. The molecule has 204 valence electrons. The van der Waals surface area contributed by atoms with Crippen LogP contribution >= 0.6 is 0 Å². The number of anilines is 1. The lowest BCUT2D eigenvalue weighted by Crippen LogP contribution is -2.48. The van der Waals surface area contributed by atoms with E-state index in [9.17, 15) is 18.0 Å². The first-order valence-corrected chi connectivity index (χ1v) is 14.3. The number of carbonyl (C=O) groups is 2. The molecule has 2 aromatic rings. The van der Waals surface area contributed by atoms with Gasteiger partial charge in [-0.1, -0.05) is 25.5 Å². The maximum atomic E-state index is 13.4. The van der Waals surface area contributed by atoms with Crippen molar-refractivity contribution in [3.05, 3.63) is 54.1 Å². The molecule has 0 aliphatic heterocycles. The highest BCUT2D eigenvalue weighted by Crippen LogP contribution is 2.22. The van der Waals surface area contributed by atoms with Gasteiger partial charge in [0.2, 0.25) is 21.8 Å². The van der Waals surface area contributed by atoms with E-state index in [1.165, 1.54) is 16.3 Å². The summed E-state index contributed by atoms with van der Waals surface area (Å²) in [5.74, 6) is 0.824. The quantitative estimate of drug-likeness (QED) is 0.351. The fraction of sp³-hybridized carbons (Fsp3) is 0.481. The van der Waals surface area contributed by atoms with Gasteiger partial charge in [-0.3, -0.25) is 13.9 Å². The van der Waals surface area contributed by atoms with Crippen LogP contribution in [0.15, 0.2) is 48.5 Å². The summed E-state index contributed by atoms with van der Waals surface area (Å²) in [5, 5.41) is 2.90. The molecule has 0 spiro atoms. The normalized spacial score (nSPS) is 11.9. The monoisotopic (exact) mass is 533 g/mol. The lowest BCUT2D eigenvalue weighted by atomic mass is 10.1. The fourth-order valence-electron chi connectivity index (χ4n) is 3.84. The summed E-state index contributed by atoms with van der Waals surface area (Å²) in [7, 11) is -0.454. The molecule has 1 atom stereocenters. The van der Waals surface area contributed by atoms with Gasteiger partial charge in [-0.2, -0.15) is 0 Å². The van der Waals surface area contributed by atoms with Gasteiger partial charge in [0.25, 0.3) is 0 Å². The summed E-state index contributed by atoms with van der Waals surface area (Å²) < 4.78 is 36.6. The van der Waals surface area contributed by atoms with Crippen LogP contribution in [0.25, 0.3) is 0 Å². The van der Waals surface area contributed by atoms with Crippen molar-refractivity contribution in [1.82, 2.24) is 10.2 Å². The number of nitrogens with one attached hydrogen (secondary N) is 1. The van der Waals surface area contributed by atoms with Crippen molar-refractivity contribution in [2.24, 2.45) is 0 Å². The second-order valence-corrected chi connectivity index (χ2v) is 10.7. The van der Waals surface area contributed by atoms with E-state index in [0.717, 1.165) is 24.7 Å². The zero-order chi connectivity index (χ0) is 27.4. The summed E-state index contributed by atoms with van der Waals surface area (Å²) in [6, 6.07) is 13.4. The van der Waals surface area contributed by atoms with Crippen molar-refractivity contribution < 1.29 is 27.5 Å². The van der Waals surface area contributed by atoms with E-state index in [4.69, 9.17) is 9.47 Å². The van der Waals surface area contributed by atoms with Crippen LogP contribution in [-0.2, 0) is 26.2 Å². The zero-order valence-corrected chi connectivity index (χ0v) is 23.2.